The van der Waals surface area contributed by atoms with Crippen LogP contribution in [0.25, 0.3) is 0 Å². The number of anilines is 1. The highest BCUT2D eigenvalue weighted by Gasteiger charge is 2.23. The van der Waals surface area contributed by atoms with Crippen LogP contribution >= 0.6 is 0 Å². The predicted molar refractivity (Wildman–Crippen MR) is 65.6 cm³/mol. The van der Waals surface area contributed by atoms with E-state index in [0.717, 1.165) is 25.9 Å². The first-order valence-electron chi connectivity index (χ1n) is 5.98. The molecule has 6 heteroatoms. The van der Waals surface area contributed by atoms with Gasteiger partial charge >= 0.3 is 0 Å². The summed E-state index contributed by atoms with van der Waals surface area (Å²) in [5, 5.41) is 11.6. The minimum absolute atomic E-state index is 0.0821. The van der Waals surface area contributed by atoms with Gasteiger partial charge in [0.25, 0.3) is 0 Å². The molecule has 2 heterocycles. The Balaban J connectivity index is 1.95. The summed E-state index contributed by atoms with van der Waals surface area (Å²) in [6.07, 6.45) is 5.01. The third-order valence-electron chi connectivity index (χ3n) is 2.92. The number of hydrogen-bond acceptors (Lipinski definition) is 5. The van der Waals surface area contributed by atoms with Crippen molar-refractivity contribution < 1.29 is 4.79 Å². The van der Waals surface area contributed by atoms with Gasteiger partial charge in [0.2, 0.25) is 5.91 Å². The van der Waals surface area contributed by atoms with Crippen LogP contribution in [0.2, 0.25) is 0 Å². The average molecular weight is 245 g/mol. The zero-order valence-corrected chi connectivity index (χ0v) is 10.3. The Morgan fingerprint density at radius 1 is 1.44 bits per heavy atom. The number of nitrogens with one attached hydrogen (secondary N) is 1. The molecule has 94 valence electrons. The molecule has 1 fully saturated rings. The molecule has 1 aromatic heterocycles. The number of likely N-dealkylation sites (tertiary alicyclic amines) is 1. The predicted octanol–water partition coefficient (Wildman–Crippen LogP) is 0.771. The van der Waals surface area contributed by atoms with Crippen LogP contribution in [0.5, 0.6) is 0 Å². The van der Waals surface area contributed by atoms with Crippen molar-refractivity contribution in [3.8, 4) is 6.07 Å². The third kappa shape index (κ3) is 2.74. The van der Waals surface area contributed by atoms with Gasteiger partial charge in [0, 0.05) is 13.1 Å². The molecule has 1 saturated heterocycles. The lowest BCUT2D eigenvalue weighted by atomic mass is 10.3. The monoisotopic (exact) mass is 245 g/mol. The van der Waals surface area contributed by atoms with Gasteiger partial charge in [-0.2, -0.15) is 5.26 Å². The van der Waals surface area contributed by atoms with Crippen LogP contribution < -0.4 is 5.32 Å². The summed E-state index contributed by atoms with van der Waals surface area (Å²) in [4.78, 5) is 21.8. The number of aromatic nitrogens is 2. The number of carbonyl (C=O) groups excluding carboxylic acids is 1. The number of nitrogens with zero attached hydrogens (tertiary/aromatic N) is 4. The van der Waals surface area contributed by atoms with E-state index in [2.05, 4.69) is 15.3 Å². The highest BCUT2D eigenvalue weighted by atomic mass is 16.2. The minimum Gasteiger partial charge on any atom is -0.357 e. The van der Waals surface area contributed by atoms with Crippen molar-refractivity contribution in [1.29, 1.82) is 5.26 Å². The number of hydrogen-bond donors (Lipinski definition) is 1. The fourth-order valence-electron chi connectivity index (χ4n) is 1.96. The Labute approximate surface area is 106 Å². The van der Waals surface area contributed by atoms with Crippen LogP contribution in [-0.4, -0.2) is 39.9 Å². The van der Waals surface area contributed by atoms with Gasteiger partial charge in [-0.05, 0) is 19.8 Å². The lowest BCUT2D eigenvalue weighted by Crippen LogP contribution is -2.39. The number of amides is 1. The maximum atomic E-state index is 12.0. The molecule has 6 nitrogen and oxygen atoms in total. The summed E-state index contributed by atoms with van der Waals surface area (Å²) in [6.45, 7) is 3.48. The van der Waals surface area contributed by atoms with E-state index in [0.29, 0.717) is 5.82 Å². The van der Waals surface area contributed by atoms with E-state index in [-0.39, 0.29) is 17.6 Å². The SMILES string of the molecule is CC(Nc1cnc(C#N)cn1)C(=O)N1CCCC1. The summed E-state index contributed by atoms with van der Waals surface area (Å²) in [7, 11) is 0. The Hall–Kier alpha value is -2.16. The summed E-state index contributed by atoms with van der Waals surface area (Å²) in [5.74, 6) is 0.590. The molecule has 0 bridgehead atoms. The molecular formula is C12H15N5O. The zero-order chi connectivity index (χ0) is 13.0. The van der Waals surface area contributed by atoms with Crippen LogP contribution in [0, 0.1) is 11.3 Å². The lowest BCUT2D eigenvalue weighted by Gasteiger charge is -2.21. The van der Waals surface area contributed by atoms with Gasteiger partial charge in [-0.1, -0.05) is 0 Å². The van der Waals surface area contributed by atoms with Gasteiger partial charge < -0.3 is 10.2 Å². The fourth-order valence-corrected chi connectivity index (χ4v) is 1.96. The van der Waals surface area contributed by atoms with Gasteiger partial charge in [0.1, 0.15) is 17.9 Å². The molecule has 0 aromatic carbocycles. The quantitative estimate of drug-likeness (QED) is 0.850. The Morgan fingerprint density at radius 2 is 2.17 bits per heavy atom. The van der Waals surface area contributed by atoms with Crippen molar-refractivity contribution in [3.63, 3.8) is 0 Å². The molecule has 1 aromatic rings. The van der Waals surface area contributed by atoms with Crippen molar-refractivity contribution in [2.45, 2.75) is 25.8 Å². The standard InChI is InChI=1S/C12H15N5O/c1-9(12(18)17-4-2-3-5-17)16-11-8-14-10(6-13)7-15-11/h7-9H,2-5H2,1H3,(H,15,16). The number of carbonyl (C=O) groups is 1. The molecular weight excluding hydrogens is 230 g/mol. The van der Waals surface area contributed by atoms with E-state index in [1.165, 1.54) is 12.4 Å². The largest absolute Gasteiger partial charge is 0.357 e. The third-order valence-corrected chi connectivity index (χ3v) is 2.92. The lowest BCUT2D eigenvalue weighted by molar-refractivity contribution is -0.130. The first-order valence-corrected chi connectivity index (χ1v) is 5.98. The van der Waals surface area contributed by atoms with Gasteiger partial charge in [-0.25, -0.2) is 9.97 Å². The molecule has 2 rings (SSSR count). The van der Waals surface area contributed by atoms with E-state index >= 15 is 0 Å². The average Bonchev–Trinajstić information content (AvgIpc) is 2.92. The van der Waals surface area contributed by atoms with Crippen molar-refractivity contribution in [3.05, 3.63) is 18.1 Å². The van der Waals surface area contributed by atoms with Crippen LogP contribution in [0.4, 0.5) is 5.82 Å². The molecule has 0 aliphatic carbocycles. The van der Waals surface area contributed by atoms with Crippen molar-refractivity contribution in [1.82, 2.24) is 14.9 Å². The first kappa shape index (κ1) is 12.3. The van der Waals surface area contributed by atoms with Crippen LogP contribution in [0.15, 0.2) is 12.4 Å². The molecule has 1 atom stereocenters. The molecule has 0 saturated carbocycles. The van der Waals surface area contributed by atoms with Gasteiger partial charge in [0.05, 0.1) is 12.4 Å². The van der Waals surface area contributed by atoms with Crippen LogP contribution in [0.3, 0.4) is 0 Å². The summed E-state index contributed by atoms with van der Waals surface area (Å²) < 4.78 is 0. The molecule has 1 aliphatic rings. The van der Waals surface area contributed by atoms with E-state index in [9.17, 15) is 4.79 Å². The highest BCUT2D eigenvalue weighted by Crippen LogP contribution is 2.11. The second-order valence-electron chi connectivity index (χ2n) is 4.30. The second kappa shape index (κ2) is 5.45. The van der Waals surface area contributed by atoms with E-state index in [1.54, 1.807) is 6.92 Å². The Bertz CT molecular complexity index is 458. The van der Waals surface area contributed by atoms with E-state index in [4.69, 9.17) is 5.26 Å². The fraction of sp³-hybridized carbons (Fsp3) is 0.500. The molecule has 1 unspecified atom stereocenters. The van der Waals surface area contributed by atoms with Gasteiger partial charge in [-0.3, -0.25) is 4.79 Å². The Kier molecular flexibility index (Phi) is 3.72. The van der Waals surface area contributed by atoms with E-state index < -0.39 is 0 Å². The van der Waals surface area contributed by atoms with Gasteiger partial charge in [-0.15, -0.1) is 0 Å². The second-order valence-corrected chi connectivity index (χ2v) is 4.30. The van der Waals surface area contributed by atoms with Crippen LogP contribution in [0.1, 0.15) is 25.5 Å². The van der Waals surface area contributed by atoms with E-state index in [1.807, 2.05) is 11.0 Å². The summed E-state index contributed by atoms with van der Waals surface area (Å²) >= 11 is 0. The van der Waals surface area contributed by atoms with Crippen molar-refractivity contribution in [2.75, 3.05) is 18.4 Å². The minimum atomic E-state index is -0.328. The molecule has 1 aliphatic heterocycles. The summed E-state index contributed by atoms with van der Waals surface area (Å²) in [5.41, 5.74) is 0.263. The maximum absolute atomic E-state index is 12.0. The topological polar surface area (TPSA) is 81.9 Å². The first-order chi connectivity index (χ1) is 8.70. The Morgan fingerprint density at radius 3 is 2.72 bits per heavy atom. The van der Waals surface area contributed by atoms with Crippen molar-refractivity contribution >= 4 is 11.7 Å². The molecule has 1 N–H and O–H groups in total. The van der Waals surface area contributed by atoms with Crippen molar-refractivity contribution in [2.24, 2.45) is 0 Å². The molecule has 18 heavy (non-hydrogen) atoms. The highest BCUT2D eigenvalue weighted by molar-refractivity contribution is 5.84. The number of nitriles is 1. The number of rotatable bonds is 3. The molecule has 1 amide bonds. The normalized spacial score (nSPS) is 16.1. The molecule has 0 radical (unpaired) electrons. The maximum Gasteiger partial charge on any atom is 0.244 e. The smallest absolute Gasteiger partial charge is 0.244 e. The van der Waals surface area contributed by atoms with Gasteiger partial charge in [0.15, 0.2) is 5.69 Å². The van der Waals surface area contributed by atoms with Crippen LogP contribution in [-0.2, 0) is 4.79 Å². The zero-order valence-electron chi connectivity index (χ0n) is 10.3. The molecule has 0 spiro atoms. The summed E-state index contributed by atoms with van der Waals surface area (Å²) in [6, 6.07) is 1.57.